The van der Waals surface area contributed by atoms with E-state index in [4.69, 9.17) is 10.5 Å². The SMILES string of the molecule is COc1cc(C(=O)N2CCC(C(N)=O)CC2)n(-c2ccccc2)n1. The van der Waals surface area contributed by atoms with Gasteiger partial charge in [0.1, 0.15) is 5.69 Å². The van der Waals surface area contributed by atoms with Crippen molar-refractivity contribution in [1.29, 1.82) is 0 Å². The Morgan fingerprint density at radius 1 is 1.21 bits per heavy atom. The second-order valence-corrected chi connectivity index (χ2v) is 5.79. The second-order valence-electron chi connectivity index (χ2n) is 5.79. The molecule has 1 aromatic carbocycles. The van der Waals surface area contributed by atoms with Crippen molar-refractivity contribution in [2.75, 3.05) is 20.2 Å². The number of carbonyl (C=O) groups excluding carboxylic acids is 2. The van der Waals surface area contributed by atoms with Crippen LogP contribution in [0.15, 0.2) is 36.4 Å². The summed E-state index contributed by atoms with van der Waals surface area (Å²) >= 11 is 0. The van der Waals surface area contributed by atoms with Crippen molar-refractivity contribution in [2.24, 2.45) is 11.7 Å². The van der Waals surface area contributed by atoms with E-state index in [1.807, 2.05) is 30.3 Å². The van der Waals surface area contributed by atoms with Crippen molar-refractivity contribution in [3.05, 3.63) is 42.1 Å². The lowest BCUT2D eigenvalue weighted by Crippen LogP contribution is -2.42. The summed E-state index contributed by atoms with van der Waals surface area (Å²) in [5, 5.41) is 4.33. The Labute approximate surface area is 140 Å². The maximum Gasteiger partial charge on any atom is 0.272 e. The van der Waals surface area contributed by atoms with Crippen LogP contribution in [0.5, 0.6) is 5.88 Å². The first-order chi connectivity index (χ1) is 11.6. The molecular weight excluding hydrogens is 308 g/mol. The zero-order valence-corrected chi connectivity index (χ0v) is 13.5. The number of primary amides is 1. The molecule has 1 aliphatic heterocycles. The number of likely N-dealkylation sites (tertiary alicyclic amines) is 1. The summed E-state index contributed by atoms with van der Waals surface area (Å²) in [6.45, 7) is 1.02. The first-order valence-corrected chi connectivity index (χ1v) is 7.88. The van der Waals surface area contributed by atoms with Crippen LogP contribution in [0.4, 0.5) is 0 Å². The second kappa shape index (κ2) is 6.74. The number of rotatable bonds is 4. The predicted molar refractivity (Wildman–Crippen MR) is 87.9 cm³/mol. The highest BCUT2D eigenvalue weighted by Crippen LogP contribution is 2.22. The monoisotopic (exact) mass is 328 g/mol. The molecule has 2 N–H and O–H groups in total. The van der Waals surface area contributed by atoms with Gasteiger partial charge < -0.3 is 15.4 Å². The van der Waals surface area contributed by atoms with E-state index >= 15 is 0 Å². The van der Waals surface area contributed by atoms with Gasteiger partial charge in [-0.25, -0.2) is 4.68 Å². The average Bonchev–Trinajstić information content (AvgIpc) is 3.06. The van der Waals surface area contributed by atoms with Crippen molar-refractivity contribution in [3.63, 3.8) is 0 Å². The minimum Gasteiger partial charge on any atom is -0.480 e. The van der Waals surface area contributed by atoms with E-state index in [1.165, 1.54) is 7.11 Å². The third-order valence-corrected chi connectivity index (χ3v) is 4.30. The van der Waals surface area contributed by atoms with E-state index < -0.39 is 0 Å². The van der Waals surface area contributed by atoms with Gasteiger partial charge in [-0.05, 0) is 25.0 Å². The van der Waals surface area contributed by atoms with E-state index in [9.17, 15) is 9.59 Å². The smallest absolute Gasteiger partial charge is 0.272 e. The highest BCUT2D eigenvalue weighted by Gasteiger charge is 2.29. The van der Waals surface area contributed by atoms with Crippen LogP contribution in [-0.4, -0.2) is 46.7 Å². The minimum absolute atomic E-state index is 0.127. The summed E-state index contributed by atoms with van der Waals surface area (Å²) in [5.41, 5.74) is 6.58. The normalized spacial score (nSPS) is 15.3. The zero-order chi connectivity index (χ0) is 17.1. The number of nitrogens with zero attached hydrogens (tertiary/aromatic N) is 3. The summed E-state index contributed by atoms with van der Waals surface area (Å²) < 4.78 is 6.76. The molecular formula is C17H20N4O3. The topological polar surface area (TPSA) is 90.5 Å². The Morgan fingerprint density at radius 2 is 1.88 bits per heavy atom. The summed E-state index contributed by atoms with van der Waals surface area (Å²) in [7, 11) is 1.52. The number of amides is 2. The molecule has 0 unspecified atom stereocenters. The summed E-state index contributed by atoms with van der Waals surface area (Å²) in [6.07, 6.45) is 1.19. The van der Waals surface area contributed by atoms with Gasteiger partial charge in [0.05, 0.1) is 12.8 Å². The Balaban J connectivity index is 1.85. The van der Waals surface area contributed by atoms with Crippen molar-refractivity contribution in [1.82, 2.24) is 14.7 Å². The molecule has 7 nitrogen and oxygen atoms in total. The van der Waals surface area contributed by atoms with Crippen LogP contribution < -0.4 is 10.5 Å². The van der Waals surface area contributed by atoms with Crippen molar-refractivity contribution >= 4 is 11.8 Å². The van der Waals surface area contributed by atoms with Gasteiger partial charge >= 0.3 is 0 Å². The van der Waals surface area contributed by atoms with Crippen LogP contribution in [-0.2, 0) is 4.79 Å². The lowest BCUT2D eigenvalue weighted by Gasteiger charge is -2.30. The van der Waals surface area contributed by atoms with E-state index in [0.717, 1.165) is 5.69 Å². The molecule has 24 heavy (non-hydrogen) atoms. The van der Waals surface area contributed by atoms with Gasteiger partial charge in [0, 0.05) is 25.1 Å². The molecule has 2 aromatic rings. The van der Waals surface area contributed by atoms with E-state index in [2.05, 4.69) is 5.10 Å². The standard InChI is InChI=1S/C17H20N4O3/c1-24-15-11-14(21(19-15)13-5-3-2-4-6-13)17(23)20-9-7-12(8-10-20)16(18)22/h2-6,11-12H,7-10H2,1H3,(H2,18,22). The fourth-order valence-corrected chi connectivity index (χ4v) is 2.91. The number of benzene rings is 1. The Bertz CT molecular complexity index is 734. The maximum absolute atomic E-state index is 12.9. The van der Waals surface area contributed by atoms with Gasteiger partial charge in [0.15, 0.2) is 0 Å². The Morgan fingerprint density at radius 3 is 2.46 bits per heavy atom. The molecule has 0 atom stereocenters. The van der Waals surface area contributed by atoms with Crippen LogP contribution in [0.25, 0.3) is 5.69 Å². The highest BCUT2D eigenvalue weighted by atomic mass is 16.5. The molecule has 0 radical (unpaired) electrons. The number of hydrogen-bond donors (Lipinski definition) is 1. The lowest BCUT2D eigenvalue weighted by atomic mass is 9.96. The van der Waals surface area contributed by atoms with Crippen molar-refractivity contribution in [2.45, 2.75) is 12.8 Å². The van der Waals surface area contributed by atoms with Gasteiger partial charge in [-0.1, -0.05) is 18.2 Å². The number of carbonyl (C=O) groups is 2. The maximum atomic E-state index is 12.9. The summed E-state index contributed by atoms with van der Waals surface area (Å²) in [6, 6.07) is 11.1. The summed E-state index contributed by atoms with van der Waals surface area (Å²) in [5.74, 6) is -0.187. The highest BCUT2D eigenvalue weighted by molar-refractivity contribution is 5.93. The summed E-state index contributed by atoms with van der Waals surface area (Å²) in [4.78, 5) is 25.9. The first-order valence-electron chi connectivity index (χ1n) is 7.88. The number of piperidine rings is 1. The predicted octanol–water partition coefficient (Wildman–Crippen LogP) is 1.22. The van der Waals surface area contributed by atoms with Gasteiger partial charge in [-0.3, -0.25) is 9.59 Å². The van der Waals surface area contributed by atoms with E-state index in [-0.39, 0.29) is 17.7 Å². The van der Waals surface area contributed by atoms with Crippen molar-refractivity contribution in [3.8, 4) is 11.6 Å². The van der Waals surface area contributed by atoms with Gasteiger partial charge in [0.2, 0.25) is 11.8 Å². The van der Waals surface area contributed by atoms with Gasteiger partial charge in [-0.15, -0.1) is 5.10 Å². The number of methoxy groups -OCH3 is 1. The molecule has 2 heterocycles. The van der Waals surface area contributed by atoms with Crippen LogP contribution in [0.1, 0.15) is 23.3 Å². The molecule has 1 aromatic heterocycles. The average molecular weight is 328 g/mol. The molecule has 1 fully saturated rings. The first kappa shape index (κ1) is 16.0. The number of para-hydroxylation sites is 1. The van der Waals surface area contributed by atoms with Crippen LogP contribution in [0, 0.1) is 5.92 Å². The number of hydrogen-bond acceptors (Lipinski definition) is 4. The number of nitrogens with two attached hydrogens (primary N) is 1. The van der Waals surface area contributed by atoms with Gasteiger partial charge in [0.25, 0.3) is 5.91 Å². The molecule has 0 bridgehead atoms. The molecule has 2 amide bonds. The molecule has 7 heteroatoms. The van der Waals surface area contributed by atoms with Crippen LogP contribution in [0.2, 0.25) is 0 Å². The van der Waals surface area contributed by atoms with E-state index in [1.54, 1.807) is 15.6 Å². The van der Waals surface area contributed by atoms with Crippen LogP contribution >= 0.6 is 0 Å². The molecule has 126 valence electrons. The van der Waals surface area contributed by atoms with Gasteiger partial charge in [-0.2, -0.15) is 0 Å². The number of ether oxygens (including phenoxy) is 1. The molecule has 1 saturated heterocycles. The lowest BCUT2D eigenvalue weighted by molar-refractivity contribution is -0.123. The van der Waals surface area contributed by atoms with E-state index in [0.29, 0.717) is 37.5 Å². The van der Waals surface area contributed by atoms with Crippen molar-refractivity contribution < 1.29 is 14.3 Å². The Hall–Kier alpha value is -2.83. The third-order valence-electron chi connectivity index (χ3n) is 4.30. The largest absolute Gasteiger partial charge is 0.480 e. The molecule has 0 spiro atoms. The molecule has 1 aliphatic rings. The third kappa shape index (κ3) is 3.10. The number of aromatic nitrogens is 2. The fraction of sp³-hybridized carbons (Fsp3) is 0.353. The Kier molecular flexibility index (Phi) is 4.50. The molecule has 0 aliphatic carbocycles. The zero-order valence-electron chi connectivity index (χ0n) is 13.5. The minimum atomic E-state index is -0.293. The molecule has 0 saturated carbocycles. The molecule has 3 rings (SSSR count). The van der Waals surface area contributed by atoms with Crippen LogP contribution in [0.3, 0.4) is 0 Å². The fourth-order valence-electron chi connectivity index (χ4n) is 2.91. The quantitative estimate of drug-likeness (QED) is 0.913.